The molecule has 2 aromatic carbocycles. The molecule has 2 aromatic rings. The molecule has 0 atom stereocenters. The van der Waals surface area contributed by atoms with Crippen molar-refractivity contribution < 1.29 is 13.2 Å². The second kappa shape index (κ2) is 8.90. The number of nitrogens with one attached hydrogen (secondary N) is 1. The molecule has 2 rings (SSSR count). The van der Waals surface area contributed by atoms with Gasteiger partial charge >= 0.3 is 0 Å². The third kappa shape index (κ3) is 6.32. The maximum Gasteiger partial charge on any atom is 0.209 e. The summed E-state index contributed by atoms with van der Waals surface area (Å²) in [7, 11) is 0.763. The Bertz CT molecular complexity index is 865. The molecule has 1 N–H and O–H groups in total. The molecule has 0 amide bonds. The number of ether oxygens (including phenoxy) is 1. The van der Waals surface area contributed by atoms with Gasteiger partial charge in [0.25, 0.3) is 0 Å². The van der Waals surface area contributed by atoms with Gasteiger partial charge in [-0.1, -0.05) is 12.1 Å². The lowest BCUT2D eigenvalue weighted by Gasteiger charge is -2.17. The lowest BCUT2D eigenvalue weighted by molar-refractivity contribution is 0.388. The first kappa shape index (κ1) is 20.8. The third-order valence-corrected chi connectivity index (χ3v) is 5.32. The van der Waals surface area contributed by atoms with Gasteiger partial charge < -0.3 is 9.64 Å². The van der Waals surface area contributed by atoms with Crippen molar-refractivity contribution in [3.8, 4) is 11.5 Å². The van der Waals surface area contributed by atoms with Crippen LogP contribution in [-0.2, 0) is 23.1 Å². The fraction of sp³-hybridized carbons (Fsp3) is 0.368. The Hall–Kier alpha value is -1.54. The molecule has 0 aliphatic rings. The predicted octanol–water partition coefficient (Wildman–Crippen LogP) is 3.62. The van der Waals surface area contributed by atoms with Gasteiger partial charge in [0.2, 0.25) is 10.0 Å². The van der Waals surface area contributed by atoms with Crippen LogP contribution in [0.4, 0.5) is 0 Å². The van der Waals surface area contributed by atoms with Crippen molar-refractivity contribution in [2.75, 3.05) is 26.6 Å². The number of hydrogen-bond acceptors (Lipinski definition) is 5. The normalized spacial score (nSPS) is 11.8. The van der Waals surface area contributed by atoms with E-state index in [0.29, 0.717) is 0 Å². The highest BCUT2D eigenvalue weighted by Gasteiger charge is 2.10. The van der Waals surface area contributed by atoms with E-state index in [-0.39, 0.29) is 6.54 Å². The lowest BCUT2D eigenvalue weighted by atomic mass is 10.1. The molecule has 0 spiro atoms. The topological polar surface area (TPSA) is 58.6 Å². The van der Waals surface area contributed by atoms with Crippen LogP contribution in [0.15, 0.2) is 41.3 Å². The monoisotopic (exact) mass is 394 g/mol. The SMILES string of the molecule is CSc1ccc(Oc2cc(CNS(C)(=O)=O)ccc2CN(C)C)cc1C. The molecule has 7 heteroatoms. The van der Waals surface area contributed by atoms with Gasteiger partial charge in [0.05, 0.1) is 6.26 Å². The Morgan fingerprint density at radius 2 is 1.88 bits per heavy atom. The molecule has 0 aromatic heterocycles. The van der Waals surface area contributed by atoms with E-state index in [2.05, 4.69) is 28.9 Å². The fourth-order valence-electron chi connectivity index (χ4n) is 2.53. The second-order valence-electron chi connectivity index (χ2n) is 6.51. The van der Waals surface area contributed by atoms with Crippen LogP contribution in [0.3, 0.4) is 0 Å². The number of aryl methyl sites for hydroxylation is 1. The van der Waals surface area contributed by atoms with Crippen molar-refractivity contribution in [2.45, 2.75) is 24.9 Å². The number of benzene rings is 2. The average Bonchev–Trinajstić information content (AvgIpc) is 2.54. The van der Waals surface area contributed by atoms with Crippen molar-refractivity contribution in [1.82, 2.24) is 9.62 Å². The zero-order chi connectivity index (χ0) is 19.3. The van der Waals surface area contributed by atoms with Crippen molar-refractivity contribution in [2.24, 2.45) is 0 Å². The van der Waals surface area contributed by atoms with E-state index in [9.17, 15) is 8.42 Å². The first-order valence-corrected chi connectivity index (χ1v) is 11.3. The van der Waals surface area contributed by atoms with Gasteiger partial charge in [0.15, 0.2) is 0 Å². The van der Waals surface area contributed by atoms with E-state index in [1.165, 1.54) is 10.5 Å². The second-order valence-corrected chi connectivity index (χ2v) is 9.19. The highest BCUT2D eigenvalue weighted by molar-refractivity contribution is 7.98. The van der Waals surface area contributed by atoms with Crippen LogP contribution >= 0.6 is 11.8 Å². The van der Waals surface area contributed by atoms with Crippen molar-refractivity contribution in [3.63, 3.8) is 0 Å². The summed E-state index contributed by atoms with van der Waals surface area (Å²) in [6.45, 7) is 3.03. The van der Waals surface area contributed by atoms with Gasteiger partial charge in [0.1, 0.15) is 11.5 Å². The molecular formula is C19H26N2O3S2. The molecule has 0 aliphatic carbocycles. The first-order valence-electron chi connectivity index (χ1n) is 8.21. The fourth-order valence-corrected chi connectivity index (χ4v) is 3.54. The third-order valence-electron chi connectivity index (χ3n) is 3.75. The minimum atomic E-state index is -3.24. The molecule has 0 bridgehead atoms. The van der Waals surface area contributed by atoms with Crippen molar-refractivity contribution in [3.05, 3.63) is 53.1 Å². The van der Waals surface area contributed by atoms with Crippen molar-refractivity contribution in [1.29, 1.82) is 0 Å². The maximum atomic E-state index is 11.3. The molecule has 0 aliphatic heterocycles. The zero-order valence-corrected chi connectivity index (χ0v) is 17.5. The Labute approximate surface area is 160 Å². The molecule has 142 valence electrons. The van der Waals surface area contributed by atoms with E-state index in [1.807, 2.05) is 44.4 Å². The van der Waals surface area contributed by atoms with Crippen LogP contribution < -0.4 is 9.46 Å². The molecule has 5 nitrogen and oxygen atoms in total. The molecule has 0 saturated heterocycles. The van der Waals surface area contributed by atoms with E-state index in [0.717, 1.165) is 35.4 Å². The first-order chi connectivity index (χ1) is 12.2. The number of sulfonamides is 1. The van der Waals surface area contributed by atoms with Gasteiger partial charge in [-0.25, -0.2) is 13.1 Å². The van der Waals surface area contributed by atoms with Crippen LogP contribution in [0.25, 0.3) is 0 Å². The van der Waals surface area contributed by atoms with E-state index < -0.39 is 10.0 Å². The summed E-state index contributed by atoms with van der Waals surface area (Å²) in [5, 5.41) is 0. The number of nitrogens with zero attached hydrogens (tertiary/aromatic N) is 1. The Balaban J connectivity index is 2.31. The maximum absolute atomic E-state index is 11.3. The highest BCUT2D eigenvalue weighted by Crippen LogP contribution is 2.30. The number of hydrogen-bond donors (Lipinski definition) is 1. The van der Waals surface area contributed by atoms with Crippen LogP contribution in [0.2, 0.25) is 0 Å². The van der Waals surface area contributed by atoms with E-state index in [4.69, 9.17) is 4.74 Å². The molecule has 0 heterocycles. The molecule has 0 fully saturated rings. The summed E-state index contributed by atoms with van der Waals surface area (Å²) in [6, 6.07) is 11.8. The smallest absolute Gasteiger partial charge is 0.209 e. The van der Waals surface area contributed by atoms with Crippen molar-refractivity contribution >= 4 is 21.8 Å². The van der Waals surface area contributed by atoms with Gasteiger partial charge in [-0.2, -0.15) is 0 Å². The zero-order valence-electron chi connectivity index (χ0n) is 15.9. The predicted molar refractivity (Wildman–Crippen MR) is 109 cm³/mol. The molecule has 0 saturated carbocycles. The minimum Gasteiger partial charge on any atom is -0.457 e. The van der Waals surface area contributed by atoms with Gasteiger partial charge in [-0.05, 0) is 62.7 Å². The van der Waals surface area contributed by atoms with Gasteiger partial charge in [-0.3, -0.25) is 0 Å². The van der Waals surface area contributed by atoms with Gasteiger partial charge in [0, 0.05) is 23.5 Å². The van der Waals surface area contributed by atoms with Crippen LogP contribution in [0.1, 0.15) is 16.7 Å². The quantitative estimate of drug-likeness (QED) is 0.693. The lowest BCUT2D eigenvalue weighted by Crippen LogP contribution is -2.21. The van der Waals surface area contributed by atoms with Crippen LogP contribution in [-0.4, -0.2) is 39.9 Å². The summed E-state index contributed by atoms with van der Waals surface area (Å²) in [4.78, 5) is 3.29. The Morgan fingerprint density at radius 3 is 2.46 bits per heavy atom. The largest absolute Gasteiger partial charge is 0.457 e. The number of rotatable bonds is 8. The average molecular weight is 395 g/mol. The summed E-state index contributed by atoms with van der Waals surface area (Å²) >= 11 is 1.71. The molecular weight excluding hydrogens is 368 g/mol. The van der Waals surface area contributed by atoms with Gasteiger partial charge in [-0.15, -0.1) is 11.8 Å². The van der Waals surface area contributed by atoms with E-state index in [1.54, 1.807) is 11.8 Å². The van der Waals surface area contributed by atoms with Crippen LogP contribution in [0, 0.1) is 6.92 Å². The highest BCUT2D eigenvalue weighted by atomic mass is 32.2. The van der Waals surface area contributed by atoms with Crippen LogP contribution in [0.5, 0.6) is 11.5 Å². The van der Waals surface area contributed by atoms with E-state index >= 15 is 0 Å². The summed E-state index contributed by atoms with van der Waals surface area (Å²) in [5.74, 6) is 1.51. The Kier molecular flexibility index (Phi) is 7.11. The standard InChI is InChI=1S/C19H26N2O3S2/c1-14-10-17(8-9-19(14)25-4)24-18-11-15(12-20-26(5,22)23)6-7-16(18)13-21(2)3/h6-11,20H,12-13H2,1-5H3. The molecule has 26 heavy (non-hydrogen) atoms. The minimum absolute atomic E-state index is 0.238. The summed E-state index contributed by atoms with van der Waals surface area (Å²) in [5.41, 5.74) is 3.06. The Morgan fingerprint density at radius 1 is 1.15 bits per heavy atom. The molecule has 0 unspecified atom stereocenters. The summed E-state index contributed by atoms with van der Waals surface area (Å²) < 4.78 is 31.3. The molecule has 0 radical (unpaired) electrons. The summed E-state index contributed by atoms with van der Waals surface area (Å²) in [6.07, 6.45) is 3.21. The number of thioether (sulfide) groups is 1.